The number of nitrogens with one attached hydrogen (secondary N) is 2. The molecule has 9 heteroatoms. The number of carbonyl (C=O) groups excluding carboxylic acids is 1. The third-order valence-electron chi connectivity index (χ3n) is 5.47. The zero-order valence-electron chi connectivity index (χ0n) is 18.0. The van der Waals surface area contributed by atoms with E-state index in [9.17, 15) is 13.2 Å². The average molecular weight is 443 g/mol. The number of carbonyl (C=O) groups is 1. The molecule has 2 aromatic heterocycles. The molecule has 1 aliphatic rings. The normalized spacial score (nSPS) is 15.1. The minimum atomic E-state index is -4.06. The fourth-order valence-electron chi connectivity index (χ4n) is 3.66. The number of aromatic amines is 1. The van der Waals surface area contributed by atoms with Crippen LogP contribution in [0.5, 0.6) is 5.88 Å². The molecule has 2 heterocycles. The minimum absolute atomic E-state index is 0.0641. The van der Waals surface area contributed by atoms with Gasteiger partial charge in [-0.25, -0.2) is 18.1 Å². The summed E-state index contributed by atoms with van der Waals surface area (Å²) in [5.41, 5.74) is 1.12. The Bertz CT molecular complexity index is 1240. The number of fused-ring (bicyclic) bond motifs is 1. The fourth-order valence-corrected chi connectivity index (χ4v) is 4.93. The zero-order chi connectivity index (χ0) is 22.4. The van der Waals surface area contributed by atoms with Crippen molar-refractivity contribution in [3.8, 4) is 5.88 Å². The predicted octanol–water partition coefficient (Wildman–Crippen LogP) is 2.95. The maximum absolute atomic E-state index is 13.3. The maximum atomic E-state index is 13.3. The summed E-state index contributed by atoms with van der Waals surface area (Å²) in [6.07, 6.45) is 4.26. The van der Waals surface area contributed by atoms with Gasteiger partial charge in [0.1, 0.15) is 0 Å². The van der Waals surface area contributed by atoms with Crippen molar-refractivity contribution >= 4 is 32.5 Å². The molecule has 8 nitrogen and oxygen atoms in total. The third kappa shape index (κ3) is 3.85. The van der Waals surface area contributed by atoms with Crippen LogP contribution in [-0.4, -0.2) is 44.5 Å². The summed E-state index contributed by atoms with van der Waals surface area (Å²) in [4.78, 5) is 22.7. The van der Waals surface area contributed by atoms with Crippen LogP contribution in [0.25, 0.3) is 10.9 Å². The van der Waals surface area contributed by atoms with Gasteiger partial charge < -0.3 is 14.6 Å². The fraction of sp³-hybridized carbons (Fsp3) is 0.364. The monoisotopic (exact) mass is 442 g/mol. The van der Waals surface area contributed by atoms with E-state index in [1.54, 1.807) is 30.6 Å². The number of sulfonamides is 1. The smallest absolute Gasteiger partial charge is 0.264 e. The van der Waals surface area contributed by atoms with E-state index in [2.05, 4.69) is 14.7 Å². The first-order valence-corrected chi connectivity index (χ1v) is 11.6. The number of aromatic nitrogens is 2. The minimum Gasteiger partial charge on any atom is -0.475 e. The molecule has 1 aromatic carbocycles. The van der Waals surface area contributed by atoms with Crippen LogP contribution in [0.2, 0.25) is 0 Å². The van der Waals surface area contributed by atoms with Crippen molar-refractivity contribution in [1.82, 2.24) is 14.7 Å². The maximum Gasteiger partial charge on any atom is 0.264 e. The quantitative estimate of drug-likeness (QED) is 0.583. The molecule has 0 unspecified atom stereocenters. The topological polar surface area (TPSA) is 104 Å². The molecule has 1 amide bonds. The van der Waals surface area contributed by atoms with Gasteiger partial charge >= 0.3 is 0 Å². The number of rotatable bonds is 7. The van der Waals surface area contributed by atoms with Crippen LogP contribution in [0.3, 0.4) is 0 Å². The second-order valence-corrected chi connectivity index (χ2v) is 9.97. The highest BCUT2D eigenvalue weighted by atomic mass is 32.2. The van der Waals surface area contributed by atoms with Gasteiger partial charge in [-0.3, -0.25) is 4.79 Å². The van der Waals surface area contributed by atoms with Gasteiger partial charge in [0.15, 0.2) is 0 Å². The van der Waals surface area contributed by atoms with E-state index >= 15 is 0 Å². The van der Waals surface area contributed by atoms with Gasteiger partial charge in [-0.15, -0.1) is 0 Å². The van der Waals surface area contributed by atoms with E-state index in [1.807, 2.05) is 38.9 Å². The largest absolute Gasteiger partial charge is 0.475 e. The van der Waals surface area contributed by atoms with E-state index in [0.717, 1.165) is 5.69 Å². The summed E-state index contributed by atoms with van der Waals surface area (Å²) in [6, 6.07) is 8.46. The zero-order valence-corrected chi connectivity index (χ0v) is 18.8. The Morgan fingerprint density at radius 1 is 1.26 bits per heavy atom. The Hall–Kier alpha value is -3.07. The summed E-state index contributed by atoms with van der Waals surface area (Å²) in [7, 11) is -0.300. The van der Waals surface area contributed by atoms with E-state index < -0.39 is 21.3 Å². The van der Waals surface area contributed by atoms with Gasteiger partial charge in [-0.2, -0.15) is 0 Å². The van der Waals surface area contributed by atoms with Crippen molar-refractivity contribution in [2.45, 2.75) is 43.1 Å². The number of anilines is 1. The number of nitrogens with zero attached hydrogens (tertiary/aromatic N) is 2. The molecule has 2 N–H and O–H groups in total. The summed E-state index contributed by atoms with van der Waals surface area (Å²) < 4.78 is 34.4. The van der Waals surface area contributed by atoms with Gasteiger partial charge in [0, 0.05) is 36.8 Å². The Morgan fingerprint density at radius 2 is 2.00 bits per heavy atom. The molecule has 1 saturated carbocycles. The summed E-state index contributed by atoms with van der Waals surface area (Å²) in [6.45, 7) is 3.76. The van der Waals surface area contributed by atoms with Crippen molar-refractivity contribution < 1.29 is 17.9 Å². The number of hydrogen-bond donors (Lipinski definition) is 2. The lowest BCUT2D eigenvalue weighted by atomic mass is 9.96. The van der Waals surface area contributed by atoms with Crippen LogP contribution < -0.4 is 14.4 Å². The van der Waals surface area contributed by atoms with E-state index in [0.29, 0.717) is 35.2 Å². The van der Waals surface area contributed by atoms with Crippen LogP contribution in [0.15, 0.2) is 47.6 Å². The highest BCUT2D eigenvalue weighted by molar-refractivity contribution is 7.90. The Labute approximate surface area is 181 Å². The highest BCUT2D eigenvalue weighted by Crippen LogP contribution is 2.52. The van der Waals surface area contributed by atoms with Gasteiger partial charge in [0.2, 0.25) is 11.8 Å². The summed E-state index contributed by atoms with van der Waals surface area (Å²) in [5.74, 6) is -0.204. The number of amides is 1. The van der Waals surface area contributed by atoms with Crippen LogP contribution in [0, 0.1) is 0 Å². The number of benzene rings is 1. The van der Waals surface area contributed by atoms with Crippen LogP contribution in [-0.2, 0) is 20.2 Å². The van der Waals surface area contributed by atoms with Crippen LogP contribution >= 0.6 is 0 Å². The second-order valence-electron chi connectivity index (χ2n) is 8.32. The lowest BCUT2D eigenvalue weighted by Gasteiger charge is -2.22. The molecular weight excluding hydrogens is 416 g/mol. The molecule has 0 bridgehead atoms. The Morgan fingerprint density at radius 3 is 2.65 bits per heavy atom. The standard InChI is InChI=1S/C22H26N4O4S/c1-14(2)30-20-17(12-15(13-24-20)26(3)4)22(9-10-22)21(27)25-31(28,29)19-7-5-6-18-16(19)8-11-23-18/h5-8,11-14,23H,9-10H2,1-4H3,(H,25,27). The van der Waals surface area contributed by atoms with Crippen molar-refractivity contribution in [2.24, 2.45) is 0 Å². The van der Waals surface area contributed by atoms with Crippen LogP contribution in [0.4, 0.5) is 5.69 Å². The average Bonchev–Trinajstić information content (AvgIpc) is 3.37. The molecule has 0 saturated heterocycles. The molecular formula is C22H26N4O4S. The molecule has 31 heavy (non-hydrogen) atoms. The predicted molar refractivity (Wildman–Crippen MR) is 119 cm³/mol. The number of ether oxygens (including phenoxy) is 1. The molecule has 0 atom stereocenters. The SMILES string of the molecule is CC(C)Oc1ncc(N(C)C)cc1C1(C(=O)NS(=O)(=O)c2cccc3[nH]ccc23)CC1. The van der Waals surface area contributed by atoms with E-state index in [1.165, 1.54) is 6.07 Å². The number of hydrogen-bond acceptors (Lipinski definition) is 6. The summed E-state index contributed by atoms with van der Waals surface area (Å²) >= 11 is 0. The highest BCUT2D eigenvalue weighted by Gasteiger charge is 2.54. The van der Waals surface area contributed by atoms with Gasteiger partial charge in [-0.05, 0) is 51.0 Å². The Balaban J connectivity index is 1.71. The van der Waals surface area contributed by atoms with Crippen molar-refractivity contribution in [3.63, 3.8) is 0 Å². The lowest BCUT2D eigenvalue weighted by Crippen LogP contribution is -2.39. The molecule has 0 aliphatic heterocycles. The van der Waals surface area contributed by atoms with Crippen LogP contribution in [0.1, 0.15) is 32.3 Å². The van der Waals surface area contributed by atoms with Crippen molar-refractivity contribution in [1.29, 1.82) is 0 Å². The molecule has 0 radical (unpaired) electrons. The number of H-pyrrole nitrogens is 1. The molecule has 164 valence electrons. The van der Waals surface area contributed by atoms with E-state index in [4.69, 9.17) is 4.74 Å². The molecule has 1 fully saturated rings. The summed E-state index contributed by atoms with van der Waals surface area (Å²) in [5, 5.41) is 0.535. The first-order chi connectivity index (χ1) is 14.6. The molecule has 3 aromatic rings. The molecule has 4 rings (SSSR count). The molecule has 1 aliphatic carbocycles. The third-order valence-corrected chi connectivity index (χ3v) is 6.86. The lowest BCUT2D eigenvalue weighted by molar-refractivity contribution is -0.121. The number of pyridine rings is 1. The van der Waals surface area contributed by atoms with Crippen molar-refractivity contribution in [3.05, 3.63) is 48.3 Å². The first-order valence-electron chi connectivity index (χ1n) is 10.1. The first kappa shape index (κ1) is 21.2. The van der Waals surface area contributed by atoms with Gasteiger partial charge in [0.05, 0.1) is 28.3 Å². The molecule has 0 spiro atoms. The second kappa shape index (κ2) is 7.56. The van der Waals surface area contributed by atoms with Crippen molar-refractivity contribution in [2.75, 3.05) is 19.0 Å². The Kier molecular flexibility index (Phi) is 5.17. The van der Waals surface area contributed by atoms with Gasteiger partial charge in [0.25, 0.3) is 10.0 Å². The van der Waals surface area contributed by atoms with Gasteiger partial charge in [-0.1, -0.05) is 6.07 Å². The van der Waals surface area contributed by atoms with E-state index in [-0.39, 0.29) is 11.0 Å².